The molecule has 1 N–H and O–H groups in total. The molecular weight excluding hydrogens is 493 g/mol. The molecule has 0 spiro atoms. The van der Waals surface area contributed by atoms with Crippen LogP contribution >= 0.6 is 0 Å². The summed E-state index contributed by atoms with van der Waals surface area (Å²) >= 11 is 0. The molecular formula is C31H39F3O4. The SMILES string of the molecule is CCCC(O)C1CCC(c2ccc(C3CCC(C(=O)Oc4ccc(OCC)c(F)c4)CC3)c(F)c2F)CC1. The predicted molar refractivity (Wildman–Crippen MR) is 140 cm³/mol. The standard InChI is InChI=1S/C31H39F3O4/c1-3-5-27(35)21-10-6-19(7-11-21)24-15-16-25(30(34)29(24)33)20-8-12-22(13-9-20)31(36)38-23-14-17-28(37-4-2)26(32)18-23/h14-22,27,35H,3-13H2,1-2H3. The third kappa shape index (κ3) is 6.53. The van der Waals surface area contributed by atoms with Gasteiger partial charge in [0.1, 0.15) is 5.75 Å². The van der Waals surface area contributed by atoms with Gasteiger partial charge in [0.25, 0.3) is 0 Å². The molecule has 0 aliphatic heterocycles. The Morgan fingerprint density at radius 1 is 0.895 bits per heavy atom. The number of aliphatic hydroxyl groups is 1. The number of ether oxygens (including phenoxy) is 2. The van der Waals surface area contributed by atoms with Gasteiger partial charge in [-0.25, -0.2) is 13.2 Å². The number of esters is 1. The summed E-state index contributed by atoms with van der Waals surface area (Å²) in [6, 6.07) is 7.52. The third-order valence-corrected chi connectivity index (χ3v) is 8.40. The highest BCUT2D eigenvalue weighted by atomic mass is 19.2. The van der Waals surface area contributed by atoms with Gasteiger partial charge in [0.2, 0.25) is 0 Å². The highest BCUT2D eigenvalue weighted by Crippen LogP contribution is 2.42. The van der Waals surface area contributed by atoms with Crippen molar-refractivity contribution >= 4 is 5.97 Å². The summed E-state index contributed by atoms with van der Waals surface area (Å²) < 4.78 is 55.0. The van der Waals surface area contributed by atoms with Crippen LogP contribution in [0.25, 0.3) is 0 Å². The monoisotopic (exact) mass is 532 g/mol. The summed E-state index contributed by atoms with van der Waals surface area (Å²) in [6.45, 7) is 4.14. The Balaban J connectivity index is 1.32. The largest absolute Gasteiger partial charge is 0.491 e. The highest BCUT2D eigenvalue weighted by molar-refractivity contribution is 5.75. The second kappa shape index (κ2) is 13.0. The summed E-state index contributed by atoms with van der Waals surface area (Å²) in [6.07, 6.45) is 6.68. The summed E-state index contributed by atoms with van der Waals surface area (Å²) in [4.78, 5) is 12.6. The van der Waals surface area contributed by atoms with E-state index in [0.29, 0.717) is 43.4 Å². The lowest BCUT2D eigenvalue weighted by Gasteiger charge is -2.32. The minimum atomic E-state index is -0.772. The van der Waals surface area contributed by atoms with Crippen LogP contribution in [0.2, 0.25) is 0 Å². The van der Waals surface area contributed by atoms with E-state index in [1.807, 2.05) is 0 Å². The van der Waals surface area contributed by atoms with E-state index >= 15 is 8.78 Å². The van der Waals surface area contributed by atoms with Crippen molar-refractivity contribution in [1.29, 1.82) is 0 Å². The maximum Gasteiger partial charge on any atom is 0.314 e. The molecule has 0 aromatic heterocycles. The first-order valence-corrected chi connectivity index (χ1v) is 14.1. The molecule has 0 heterocycles. The number of halogens is 3. The van der Waals surface area contributed by atoms with E-state index in [1.54, 1.807) is 19.1 Å². The molecule has 1 unspecified atom stereocenters. The fourth-order valence-corrected chi connectivity index (χ4v) is 6.21. The van der Waals surface area contributed by atoms with Gasteiger partial charge in [0, 0.05) is 6.07 Å². The van der Waals surface area contributed by atoms with Crippen molar-refractivity contribution in [3.63, 3.8) is 0 Å². The van der Waals surface area contributed by atoms with Gasteiger partial charge < -0.3 is 14.6 Å². The van der Waals surface area contributed by atoms with Gasteiger partial charge in [0.05, 0.1) is 18.6 Å². The first-order chi connectivity index (χ1) is 18.3. The van der Waals surface area contributed by atoms with Crippen molar-refractivity contribution in [2.24, 2.45) is 11.8 Å². The molecule has 208 valence electrons. The fourth-order valence-electron chi connectivity index (χ4n) is 6.21. The maximum atomic E-state index is 15.2. The van der Waals surface area contributed by atoms with Gasteiger partial charge in [-0.1, -0.05) is 25.5 Å². The third-order valence-electron chi connectivity index (χ3n) is 8.40. The molecule has 0 amide bonds. The molecule has 0 bridgehead atoms. The fraction of sp³-hybridized carbons (Fsp3) is 0.581. The molecule has 4 nitrogen and oxygen atoms in total. The van der Waals surface area contributed by atoms with Crippen LogP contribution in [0, 0.1) is 29.3 Å². The van der Waals surface area contributed by atoms with Crippen LogP contribution < -0.4 is 9.47 Å². The van der Waals surface area contributed by atoms with Gasteiger partial charge in [-0.2, -0.15) is 0 Å². The van der Waals surface area contributed by atoms with E-state index in [1.165, 1.54) is 12.1 Å². The summed E-state index contributed by atoms with van der Waals surface area (Å²) in [5.41, 5.74) is 0.813. The van der Waals surface area contributed by atoms with Crippen LogP contribution in [0.1, 0.15) is 101 Å². The van der Waals surface area contributed by atoms with Crippen molar-refractivity contribution in [2.45, 2.75) is 96.0 Å². The Kier molecular flexibility index (Phi) is 9.74. The first kappa shape index (κ1) is 28.5. The lowest BCUT2D eigenvalue weighted by atomic mass is 9.74. The van der Waals surface area contributed by atoms with Crippen molar-refractivity contribution in [1.82, 2.24) is 0 Å². The molecule has 2 saturated carbocycles. The minimum Gasteiger partial charge on any atom is -0.491 e. The Morgan fingerprint density at radius 2 is 1.47 bits per heavy atom. The van der Waals surface area contributed by atoms with Crippen molar-refractivity contribution in [2.75, 3.05) is 6.61 Å². The average molecular weight is 533 g/mol. The van der Waals surface area contributed by atoms with Crippen LogP contribution in [0.4, 0.5) is 13.2 Å². The molecule has 4 rings (SSSR count). The Bertz CT molecular complexity index is 1090. The van der Waals surface area contributed by atoms with Crippen LogP contribution in [-0.2, 0) is 4.79 Å². The number of aliphatic hydroxyl groups excluding tert-OH is 1. The Labute approximate surface area is 223 Å². The molecule has 0 saturated heterocycles. The number of hydrogen-bond acceptors (Lipinski definition) is 4. The van der Waals surface area contributed by atoms with E-state index in [9.17, 15) is 14.3 Å². The van der Waals surface area contributed by atoms with Crippen molar-refractivity contribution in [3.05, 3.63) is 58.9 Å². The predicted octanol–water partition coefficient (Wildman–Crippen LogP) is 7.82. The zero-order chi connectivity index (χ0) is 27.2. The number of carbonyl (C=O) groups is 1. The molecule has 2 aliphatic carbocycles. The zero-order valence-corrected chi connectivity index (χ0v) is 22.4. The van der Waals surface area contributed by atoms with E-state index < -0.39 is 23.4 Å². The van der Waals surface area contributed by atoms with Gasteiger partial charge in [-0.05, 0) is 106 Å². The van der Waals surface area contributed by atoms with Crippen molar-refractivity contribution in [3.8, 4) is 11.5 Å². The van der Waals surface area contributed by atoms with Crippen LogP contribution in [-0.4, -0.2) is 23.8 Å². The lowest BCUT2D eigenvalue weighted by Crippen LogP contribution is -2.26. The quantitative estimate of drug-likeness (QED) is 0.264. The number of carbonyl (C=O) groups excluding carboxylic acids is 1. The Morgan fingerprint density at radius 3 is 2.00 bits per heavy atom. The molecule has 1 atom stereocenters. The Hall–Kier alpha value is -2.54. The number of rotatable bonds is 9. The highest BCUT2D eigenvalue weighted by Gasteiger charge is 2.33. The summed E-state index contributed by atoms with van der Waals surface area (Å²) in [5, 5.41) is 10.3. The molecule has 38 heavy (non-hydrogen) atoms. The van der Waals surface area contributed by atoms with E-state index in [4.69, 9.17) is 9.47 Å². The van der Waals surface area contributed by atoms with E-state index in [2.05, 4.69) is 6.92 Å². The van der Waals surface area contributed by atoms with Crippen LogP contribution in [0.3, 0.4) is 0 Å². The van der Waals surface area contributed by atoms with E-state index in [-0.39, 0.29) is 41.3 Å². The zero-order valence-electron chi connectivity index (χ0n) is 22.4. The first-order valence-electron chi connectivity index (χ1n) is 14.1. The molecule has 2 aliphatic rings. The second-order valence-electron chi connectivity index (χ2n) is 10.8. The van der Waals surface area contributed by atoms with Crippen molar-refractivity contribution < 1.29 is 32.5 Å². The lowest BCUT2D eigenvalue weighted by molar-refractivity contribution is -0.140. The van der Waals surface area contributed by atoms with Crippen LogP contribution in [0.5, 0.6) is 11.5 Å². The average Bonchev–Trinajstić information content (AvgIpc) is 2.92. The normalized spacial score (nSPS) is 24.6. The molecule has 2 fully saturated rings. The smallest absolute Gasteiger partial charge is 0.314 e. The van der Waals surface area contributed by atoms with E-state index in [0.717, 1.165) is 44.6 Å². The molecule has 7 heteroatoms. The van der Waals surface area contributed by atoms with Gasteiger partial charge >= 0.3 is 5.97 Å². The van der Waals surface area contributed by atoms with Gasteiger partial charge in [-0.15, -0.1) is 0 Å². The second-order valence-corrected chi connectivity index (χ2v) is 10.8. The van der Waals surface area contributed by atoms with Crippen LogP contribution in [0.15, 0.2) is 30.3 Å². The molecule has 2 aromatic carbocycles. The maximum absolute atomic E-state index is 15.2. The number of hydrogen-bond donors (Lipinski definition) is 1. The minimum absolute atomic E-state index is 0.0263. The molecule has 2 aromatic rings. The summed E-state index contributed by atoms with van der Waals surface area (Å²) in [5.74, 6) is -2.64. The topological polar surface area (TPSA) is 55.8 Å². The van der Waals surface area contributed by atoms with Gasteiger partial charge in [0.15, 0.2) is 23.2 Å². The summed E-state index contributed by atoms with van der Waals surface area (Å²) in [7, 11) is 0. The van der Waals surface area contributed by atoms with Gasteiger partial charge in [-0.3, -0.25) is 4.79 Å². The molecule has 0 radical (unpaired) electrons. The number of benzene rings is 2.